The van der Waals surface area contributed by atoms with Gasteiger partial charge in [0.2, 0.25) is 0 Å². The summed E-state index contributed by atoms with van der Waals surface area (Å²) < 4.78 is 1.12. The molecule has 7 heteroatoms. The Morgan fingerprint density at radius 2 is 1.88 bits per heavy atom. The van der Waals surface area contributed by atoms with Gasteiger partial charge >= 0.3 is 0 Å². The minimum Gasteiger partial charge on any atom is -0.307 e. The number of carbonyl (C=O) groups excluding carboxylic acids is 1. The summed E-state index contributed by atoms with van der Waals surface area (Å²) in [4.78, 5) is 21.2. The Hall–Kier alpha value is -2.47. The lowest BCUT2D eigenvalue weighted by molar-refractivity contribution is 0.102. The first-order valence-corrected chi connectivity index (χ1v) is 9.26. The number of nitrogens with one attached hydrogen (secondary N) is 1. The number of pyridine rings is 1. The summed E-state index contributed by atoms with van der Waals surface area (Å²) in [5.74, 6) is 0.0952. The summed E-state index contributed by atoms with van der Waals surface area (Å²) in [7, 11) is 0. The summed E-state index contributed by atoms with van der Waals surface area (Å²) in [6.45, 7) is 0. The Bertz CT molecular complexity index is 1080. The average molecular weight is 400 g/mol. The van der Waals surface area contributed by atoms with E-state index in [4.69, 9.17) is 23.2 Å². The normalized spacial score (nSPS) is 10.8. The van der Waals surface area contributed by atoms with Crippen LogP contribution in [0.1, 0.15) is 10.4 Å². The zero-order valence-electron chi connectivity index (χ0n) is 13.2. The van der Waals surface area contributed by atoms with E-state index in [-0.39, 0.29) is 5.91 Å². The Morgan fingerprint density at radius 3 is 2.62 bits per heavy atom. The number of benzene rings is 2. The number of aromatic nitrogens is 2. The fraction of sp³-hybridized carbons (Fsp3) is 0. The van der Waals surface area contributed by atoms with Crippen molar-refractivity contribution in [3.63, 3.8) is 0 Å². The molecule has 26 heavy (non-hydrogen) atoms. The van der Waals surface area contributed by atoms with Crippen LogP contribution < -0.4 is 5.32 Å². The van der Waals surface area contributed by atoms with Crippen molar-refractivity contribution in [1.29, 1.82) is 0 Å². The maximum absolute atomic E-state index is 12.3. The van der Waals surface area contributed by atoms with E-state index in [0.29, 0.717) is 21.4 Å². The van der Waals surface area contributed by atoms with Gasteiger partial charge in [0.1, 0.15) is 10.8 Å². The average Bonchev–Trinajstić information content (AvgIpc) is 3.06. The van der Waals surface area contributed by atoms with E-state index in [9.17, 15) is 4.79 Å². The van der Waals surface area contributed by atoms with Gasteiger partial charge in [0.25, 0.3) is 5.91 Å². The molecule has 0 atom stereocenters. The van der Waals surface area contributed by atoms with Crippen molar-refractivity contribution in [2.24, 2.45) is 0 Å². The number of rotatable bonds is 3. The second-order valence-electron chi connectivity index (χ2n) is 5.50. The number of amides is 1. The van der Waals surface area contributed by atoms with E-state index >= 15 is 0 Å². The number of hydrogen-bond donors (Lipinski definition) is 1. The second kappa shape index (κ2) is 7.03. The Kier molecular flexibility index (Phi) is 4.59. The molecule has 0 saturated heterocycles. The van der Waals surface area contributed by atoms with Crippen molar-refractivity contribution in [3.8, 4) is 10.6 Å². The highest BCUT2D eigenvalue weighted by molar-refractivity contribution is 7.21. The molecule has 0 aliphatic heterocycles. The van der Waals surface area contributed by atoms with E-state index in [1.807, 2.05) is 30.3 Å². The summed E-state index contributed by atoms with van der Waals surface area (Å²) in [6.07, 6.45) is 1.69. The quantitative estimate of drug-likeness (QED) is 0.465. The molecule has 2 aromatic heterocycles. The second-order valence-corrected chi connectivity index (χ2v) is 7.37. The molecule has 2 aromatic carbocycles. The van der Waals surface area contributed by atoms with Crippen LogP contribution in [0, 0.1) is 0 Å². The van der Waals surface area contributed by atoms with Crippen molar-refractivity contribution < 1.29 is 4.79 Å². The van der Waals surface area contributed by atoms with Gasteiger partial charge in [-0.2, -0.15) is 0 Å². The minimum atomic E-state index is -0.341. The molecular formula is C19H11Cl2N3OS. The summed E-state index contributed by atoms with van der Waals surface area (Å²) >= 11 is 13.5. The number of hydrogen-bond acceptors (Lipinski definition) is 4. The topological polar surface area (TPSA) is 54.9 Å². The maximum atomic E-state index is 12.3. The molecule has 0 saturated carbocycles. The SMILES string of the molecule is O=C(Nc1ccc(-c2nc3ccccc3s2)cn1)c1ccc(Cl)cc1Cl. The Morgan fingerprint density at radius 1 is 1.04 bits per heavy atom. The first-order chi connectivity index (χ1) is 12.6. The van der Waals surface area contributed by atoms with Crippen molar-refractivity contribution in [2.45, 2.75) is 0 Å². The largest absolute Gasteiger partial charge is 0.307 e. The lowest BCUT2D eigenvalue weighted by Crippen LogP contribution is -2.13. The van der Waals surface area contributed by atoms with Crippen LogP contribution in [0.5, 0.6) is 0 Å². The number of halogens is 2. The molecule has 4 rings (SSSR count). The van der Waals surface area contributed by atoms with E-state index in [2.05, 4.69) is 15.3 Å². The summed E-state index contributed by atoms with van der Waals surface area (Å²) in [5.41, 5.74) is 2.20. The zero-order valence-corrected chi connectivity index (χ0v) is 15.6. The van der Waals surface area contributed by atoms with E-state index in [1.165, 1.54) is 6.07 Å². The van der Waals surface area contributed by atoms with Crippen molar-refractivity contribution in [3.05, 3.63) is 76.4 Å². The maximum Gasteiger partial charge on any atom is 0.258 e. The van der Waals surface area contributed by atoms with E-state index < -0.39 is 0 Å². The first kappa shape index (κ1) is 17.0. The fourth-order valence-electron chi connectivity index (χ4n) is 2.45. The third-order valence-corrected chi connectivity index (χ3v) is 5.35. The first-order valence-electron chi connectivity index (χ1n) is 7.68. The van der Waals surface area contributed by atoms with Gasteiger partial charge in [-0.3, -0.25) is 4.79 Å². The Labute approximate surface area is 163 Å². The number of anilines is 1. The highest BCUT2D eigenvalue weighted by Gasteiger charge is 2.12. The smallest absolute Gasteiger partial charge is 0.258 e. The number of nitrogens with zero attached hydrogens (tertiary/aromatic N) is 2. The van der Waals surface area contributed by atoms with Gasteiger partial charge < -0.3 is 5.32 Å². The molecule has 4 aromatic rings. The van der Waals surface area contributed by atoms with Gasteiger partial charge in [-0.1, -0.05) is 35.3 Å². The number of fused-ring (bicyclic) bond motifs is 1. The van der Waals surface area contributed by atoms with Gasteiger partial charge in [-0.15, -0.1) is 11.3 Å². The van der Waals surface area contributed by atoms with Crippen LogP contribution in [0.4, 0.5) is 5.82 Å². The highest BCUT2D eigenvalue weighted by Crippen LogP contribution is 2.30. The van der Waals surface area contributed by atoms with E-state index in [1.54, 1.807) is 35.7 Å². The summed E-state index contributed by atoms with van der Waals surface area (Å²) in [5, 5.41) is 4.39. The predicted octanol–water partition coefficient (Wildman–Crippen LogP) is 5.92. The molecular weight excluding hydrogens is 389 g/mol. The fourth-order valence-corrected chi connectivity index (χ4v) is 3.90. The van der Waals surface area contributed by atoms with Gasteiger partial charge in [0, 0.05) is 16.8 Å². The van der Waals surface area contributed by atoms with Crippen LogP contribution in [0.15, 0.2) is 60.8 Å². The lowest BCUT2D eigenvalue weighted by Gasteiger charge is -2.06. The molecule has 1 N–H and O–H groups in total. The molecule has 4 nitrogen and oxygen atoms in total. The van der Waals surface area contributed by atoms with Crippen LogP contribution in [0.2, 0.25) is 10.0 Å². The third-order valence-electron chi connectivity index (χ3n) is 3.72. The lowest BCUT2D eigenvalue weighted by atomic mass is 10.2. The molecule has 0 bridgehead atoms. The number of carbonyl (C=O) groups is 1. The van der Waals surface area contributed by atoms with Crippen LogP contribution >= 0.6 is 34.5 Å². The number of thiazole rings is 1. The molecule has 2 heterocycles. The third kappa shape index (κ3) is 3.42. The van der Waals surface area contributed by atoms with Crippen LogP contribution in [-0.2, 0) is 0 Å². The molecule has 0 radical (unpaired) electrons. The monoisotopic (exact) mass is 399 g/mol. The molecule has 0 aliphatic carbocycles. The molecule has 0 unspecified atom stereocenters. The van der Waals surface area contributed by atoms with E-state index in [0.717, 1.165) is 20.8 Å². The Balaban J connectivity index is 1.55. The van der Waals surface area contributed by atoms with Crippen molar-refractivity contribution >= 4 is 56.5 Å². The number of para-hydroxylation sites is 1. The van der Waals surface area contributed by atoms with Crippen LogP contribution in [0.25, 0.3) is 20.8 Å². The summed E-state index contributed by atoms with van der Waals surface area (Å²) in [6, 6.07) is 16.3. The standard InChI is InChI=1S/C19H11Cl2N3OS/c20-12-6-7-13(14(21)9-12)18(25)24-17-8-5-11(10-22-17)19-23-15-3-1-2-4-16(15)26-19/h1-10H,(H,22,24,25). The van der Waals surface area contributed by atoms with Gasteiger partial charge in [0.15, 0.2) is 0 Å². The van der Waals surface area contributed by atoms with Gasteiger partial charge in [-0.05, 0) is 42.5 Å². The predicted molar refractivity (Wildman–Crippen MR) is 107 cm³/mol. The molecule has 128 valence electrons. The van der Waals surface area contributed by atoms with Gasteiger partial charge in [0.05, 0.1) is 20.8 Å². The molecule has 0 aliphatic rings. The molecule has 0 fully saturated rings. The molecule has 0 spiro atoms. The minimum absolute atomic E-state index is 0.293. The zero-order chi connectivity index (χ0) is 18.1. The highest BCUT2D eigenvalue weighted by atomic mass is 35.5. The van der Waals surface area contributed by atoms with Crippen LogP contribution in [-0.4, -0.2) is 15.9 Å². The van der Waals surface area contributed by atoms with Gasteiger partial charge in [-0.25, -0.2) is 9.97 Å². The molecule has 1 amide bonds. The van der Waals surface area contributed by atoms with Crippen LogP contribution in [0.3, 0.4) is 0 Å². The van der Waals surface area contributed by atoms with Crippen molar-refractivity contribution in [1.82, 2.24) is 9.97 Å². The van der Waals surface area contributed by atoms with Crippen molar-refractivity contribution in [2.75, 3.05) is 5.32 Å².